The summed E-state index contributed by atoms with van der Waals surface area (Å²) in [7, 11) is 0. The zero-order chi connectivity index (χ0) is 29.6. The fraction of sp³-hybridized carbons (Fsp3) is 0.481. The van der Waals surface area contributed by atoms with Crippen molar-refractivity contribution in [1.29, 1.82) is 5.26 Å². The first kappa shape index (κ1) is 30.4. The Morgan fingerprint density at radius 2 is 1.44 bits per heavy atom. The molecule has 3 atom stereocenters. The Bertz CT molecular complexity index is 1220. The molecule has 12 heteroatoms. The lowest BCUT2D eigenvalue weighted by Crippen LogP contribution is -2.55. The number of nitriles is 1. The van der Waals surface area contributed by atoms with Crippen molar-refractivity contribution >= 4 is 5.91 Å². The SMILES string of the molecule is CC(C)(F)C[C@H](N)C(=O)N(C(c1ccc(-c2ccc(C(C)(O)C(F)(F)F)cc2)cc1)C(F)(F)F)C1(C#N)CC1. The summed E-state index contributed by atoms with van der Waals surface area (Å²) in [5, 5.41) is 19.5. The van der Waals surface area contributed by atoms with E-state index in [1.54, 1.807) is 6.07 Å². The van der Waals surface area contributed by atoms with Gasteiger partial charge >= 0.3 is 12.4 Å². The van der Waals surface area contributed by atoms with E-state index in [1.807, 2.05) is 0 Å². The van der Waals surface area contributed by atoms with Crippen LogP contribution in [-0.4, -0.2) is 45.5 Å². The Labute approximate surface area is 221 Å². The Hall–Kier alpha value is -3.17. The second-order valence-electron chi connectivity index (χ2n) is 10.6. The zero-order valence-electron chi connectivity index (χ0n) is 21.4. The van der Waals surface area contributed by atoms with Crippen LogP contribution in [0.3, 0.4) is 0 Å². The highest BCUT2D eigenvalue weighted by atomic mass is 19.4. The Kier molecular flexibility index (Phi) is 7.86. The normalized spacial score (nSPS) is 18.4. The number of rotatable bonds is 8. The number of halogens is 7. The number of carbonyl (C=O) groups excluding carboxylic acids is 1. The van der Waals surface area contributed by atoms with Crippen molar-refractivity contribution in [1.82, 2.24) is 4.90 Å². The van der Waals surface area contributed by atoms with Crippen LogP contribution in [-0.2, 0) is 10.4 Å². The lowest BCUT2D eigenvalue weighted by atomic mass is 9.92. The molecule has 3 rings (SSSR count). The molecule has 3 N–H and O–H groups in total. The fourth-order valence-corrected chi connectivity index (χ4v) is 4.39. The van der Waals surface area contributed by atoms with Crippen molar-refractivity contribution in [2.45, 2.75) is 81.3 Å². The minimum atomic E-state index is -5.01. The van der Waals surface area contributed by atoms with Gasteiger partial charge in [0.15, 0.2) is 11.6 Å². The molecule has 1 saturated carbocycles. The van der Waals surface area contributed by atoms with Crippen LogP contribution in [0.4, 0.5) is 30.7 Å². The largest absolute Gasteiger partial charge is 0.421 e. The molecule has 0 saturated heterocycles. The van der Waals surface area contributed by atoms with E-state index in [4.69, 9.17) is 5.73 Å². The molecule has 0 heterocycles. The first-order valence-electron chi connectivity index (χ1n) is 12.0. The Morgan fingerprint density at radius 1 is 0.974 bits per heavy atom. The predicted octanol–water partition coefficient (Wildman–Crippen LogP) is 6.08. The van der Waals surface area contributed by atoms with Crippen LogP contribution in [0.15, 0.2) is 48.5 Å². The molecule has 2 unspecified atom stereocenters. The molecule has 212 valence electrons. The maximum Gasteiger partial charge on any atom is 0.421 e. The number of amides is 1. The van der Waals surface area contributed by atoms with Crippen molar-refractivity contribution in [3.8, 4) is 17.2 Å². The van der Waals surface area contributed by atoms with Gasteiger partial charge in [0.25, 0.3) is 0 Å². The molecule has 1 fully saturated rings. The molecule has 0 aliphatic heterocycles. The van der Waals surface area contributed by atoms with Crippen LogP contribution in [0, 0.1) is 11.3 Å². The second kappa shape index (κ2) is 10.1. The van der Waals surface area contributed by atoms with Gasteiger partial charge in [-0.25, -0.2) is 4.39 Å². The van der Waals surface area contributed by atoms with Gasteiger partial charge in [-0.15, -0.1) is 0 Å². The number of nitrogens with two attached hydrogens (primary N) is 1. The van der Waals surface area contributed by atoms with Gasteiger partial charge in [-0.05, 0) is 55.9 Å². The summed E-state index contributed by atoms with van der Waals surface area (Å²) in [6, 6.07) is 7.13. The van der Waals surface area contributed by atoms with Crippen molar-refractivity contribution in [3.05, 3.63) is 59.7 Å². The third kappa shape index (κ3) is 6.36. The van der Waals surface area contributed by atoms with Gasteiger partial charge < -0.3 is 15.7 Å². The predicted molar refractivity (Wildman–Crippen MR) is 129 cm³/mol. The van der Waals surface area contributed by atoms with Gasteiger partial charge in [0.2, 0.25) is 5.91 Å². The molecule has 1 aliphatic rings. The van der Waals surface area contributed by atoms with Crippen LogP contribution < -0.4 is 5.73 Å². The van der Waals surface area contributed by atoms with Gasteiger partial charge in [0.05, 0.1) is 12.1 Å². The third-order valence-corrected chi connectivity index (χ3v) is 6.78. The summed E-state index contributed by atoms with van der Waals surface area (Å²) >= 11 is 0. The maximum atomic E-state index is 14.5. The quantitative estimate of drug-likeness (QED) is 0.384. The number of aliphatic hydroxyl groups is 1. The molecule has 2 aromatic carbocycles. The molecule has 0 spiro atoms. The summed E-state index contributed by atoms with van der Waals surface area (Å²) in [6.45, 7) is 2.88. The molecule has 0 radical (unpaired) electrons. The highest BCUT2D eigenvalue weighted by Crippen LogP contribution is 2.50. The smallest absolute Gasteiger partial charge is 0.376 e. The monoisotopic (exact) mass is 559 g/mol. The van der Waals surface area contributed by atoms with Crippen molar-refractivity contribution in [2.75, 3.05) is 0 Å². The third-order valence-electron chi connectivity index (χ3n) is 6.78. The van der Waals surface area contributed by atoms with Crippen LogP contribution >= 0.6 is 0 Å². The number of hydrogen-bond acceptors (Lipinski definition) is 4. The summed E-state index contributed by atoms with van der Waals surface area (Å²) in [5.41, 5.74) is -1.03. The average Bonchev–Trinajstić information content (AvgIpc) is 3.61. The van der Waals surface area contributed by atoms with Gasteiger partial charge in [-0.2, -0.15) is 31.6 Å². The fourth-order valence-electron chi connectivity index (χ4n) is 4.39. The molecular formula is C27H28F7N3O2. The summed E-state index contributed by atoms with van der Waals surface area (Å²) in [4.78, 5) is 13.6. The standard InChI is InChI=1S/C27H28F7N3O2/c1-23(2,28)14-20(36)22(38)37(25(15-35)12-13-25)21(26(29,30)31)18-6-4-16(5-7-18)17-8-10-19(11-9-17)24(3,39)27(32,33)34/h4-11,20-21,39H,12-14,36H2,1-3H3/t20-,21?,24?/m0/s1. The number of alkyl halides is 7. The molecule has 0 aromatic heterocycles. The molecular weight excluding hydrogens is 531 g/mol. The van der Waals surface area contributed by atoms with Crippen molar-refractivity contribution in [2.24, 2.45) is 5.73 Å². The number of carbonyl (C=O) groups is 1. The van der Waals surface area contributed by atoms with E-state index in [9.17, 15) is 45.9 Å². The van der Waals surface area contributed by atoms with E-state index in [-0.39, 0.29) is 18.4 Å². The lowest BCUT2D eigenvalue weighted by Gasteiger charge is -2.38. The van der Waals surface area contributed by atoms with Crippen LogP contribution in [0.5, 0.6) is 0 Å². The minimum absolute atomic E-state index is 0.000305. The maximum absolute atomic E-state index is 14.5. The van der Waals surface area contributed by atoms with Crippen LogP contribution in [0.25, 0.3) is 11.1 Å². The van der Waals surface area contributed by atoms with Crippen molar-refractivity contribution in [3.63, 3.8) is 0 Å². The highest BCUT2D eigenvalue weighted by Gasteiger charge is 2.60. The highest BCUT2D eigenvalue weighted by molar-refractivity contribution is 5.84. The van der Waals surface area contributed by atoms with E-state index in [0.29, 0.717) is 23.0 Å². The van der Waals surface area contributed by atoms with E-state index < -0.39 is 59.1 Å². The number of hydrogen-bond donors (Lipinski definition) is 2. The average molecular weight is 560 g/mol. The zero-order valence-corrected chi connectivity index (χ0v) is 21.4. The van der Waals surface area contributed by atoms with Gasteiger partial charge in [-0.1, -0.05) is 48.5 Å². The number of benzene rings is 2. The van der Waals surface area contributed by atoms with E-state index in [2.05, 4.69) is 0 Å². The molecule has 5 nitrogen and oxygen atoms in total. The summed E-state index contributed by atoms with van der Waals surface area (Å²) in [5.74, 6) is -1.20. The molecule has 2 aromatic rings. The molecule has 1 aliphatic carbocycles. The van der Waals surface area contributed by atoms with Crippen molar-refractivity contribution < 1.29 is 40.6 Å². The number of nitrogens with zero attached hydrogens (tertiary/aromatic N) is 2. The Morgan fingerprint density at radius 3 is 1.79 bits per heavy atom. The molecule has 1 amide bonds. The van der Waals surface area contributed by atoms with Gasteiger partial charge in [0.1, 0.15) is 11.2 Å². The van der Waals surface area contributed by atoms with E-state index in [0.717, 1.165) is 38.1 Å². The second-order valence-corrected chi connectivity index (χ2v) is 10.6. The van der Waals surface area contributed by atoms with Crippen LogP contribution in [0.1, 0.15) is 57.2 Å². The van der Waals surface area contributed by atoms with Gasteiger partial charge in [-0.3, -0.25) is 4.79 Å². The Balaban J connectivity index is 1.98. The first-order valence-corrected chi connectivity index (χ1v) is 12.0. The molecule has 39 heavy (non-hydrogen) atoms. The van der Waals surface area contributed by atoms with Crippen LogP contribution in [0.2, 0.25) is 0 Å². The summed E-state index contributed by atoms with van der Waals surface area (Å²) in [6.07, 6.45) is -10.5. The first-order chi connectivity index (χ1) is 17.7. The van der Waals surface area contributed by atoms with E-state index in [1.165, 1.54) is 24.3 Å². The topological polar surface area (TPSA) is 90.3 Å². The molecule has 0 bridgehead atoms. The minimum Gasteiger partial charge on any atom is -0.376 e. The van der Waals surface area contributed by atoms with Gasteiger partial charge in [0, 0.05) is 6.42 Å². The summed E-state index contributed by atoms with van der Waals surface area (Å²) < 4.78 is 96.9. The van der Waals surface area contributed by atoms with E-state index >= 15 is 0 Å². The lowest BCUT2D eigenvalue weighted by molar-refractivity contribution is -0.258.